The topological polar surface area (TPSA) is 111 Å². The van der Waals surface area contributed by atoms with Gasteiger partial charge in [0.15, 0.2) is 6.61 Å². The number of nitrogens with zero attached hydrogens (tertiary/aromatic N) is 1. The Balaban J connectivity index is 1.37. The molecule has 0 bridgehead atoms. The zero-order valence-corrected chi connectivity index (χ0v) is 18.2. The number of hydrogen-bond acceptors (Lipinski definition) is 7. The fraction of sp³-hybridized carbons (Fsp3) is 0.333. The van der Waals surface area contributed by atoms with E-state index in [1.807, 2.05) is 6.92 Å². The van der Waals surface area contributed by atoms with Crippen molar-refractivity contribution in [3.05, 3.63) is 59.2 Å². The molecule has 2 aromatic rings. The van der Waals surface area contributed by atoms with Crippen molar-refractivity contribution in [3.63, 3.8) is 0 Å². The van der Waals surface area contributed by atoms with Crippen LogP contribution in [0.3, 0.4) is 0 Å². The first kappa shape index (κ1) is 22.5. The highest BCUT2D eigenvalue weighted by Gasteiger charge is 2.38. The van der Waals surface area contributed by atoms with Crippen molar-refractivity contribution in [2.75, 3.05) is 31.7 Å². The maximum Gasteiger partial charge on any atom is 0.338 e. The van der Waals surface area contributed by atoms with Crippen LogP contribution in [0.15, 0.2) is 42.5 Å². The summed E-state index contributed by atoms with van der Waals surface area (Å²) in [6.45, 7) is 2.56. The molecule has 2 heterocycles. The summed E-state index contributed by atoms with van der Waals surface area (Å²) in [6.07, 6.45) is 1.53. The van der Waals surface area contributed by atoms with Crippen LogP contribution in [0.2, 0.25) is 0 Å². The summed E-state index contributed by atoms with van der Waals surface area (Å²) in [6, 6.07) is 11.1. The first-order valence-electron chi connectivity index (χ1n) is 10.8. The third-order valence-corrected chi connectivity index (χ3v) is 5.41. The number of hydrogen-bond donors (Lipinski definition) is 1. The van der Waals surface area contributed by atoms with Gasteiger partial charge in [-0.3, -0.25) is 19.3 Å². The molecular weight excluding hydrogens is 428 g/mol. The van der Waals surface area contributed by atoms with E-state index in [9.17, 15) is 19.2 Å². The van der Waals surface area contributed by atoms with Crippen molar-refractivity contribution in [1.82, 2.24) is 4.90 Å². The average Bonchev–Trinajstić information content (AvgIpc) is 3.42. The molecule has 2 aliphatic rings. The molecule has 0 saturated carbocycles. The molecule has 0 spiro atoms. The van der Waals surface area contributed by atoms with Gasteiger partial charge >= 0.3 is 5.97 Å². The maximum atomic E-state index is 12.7. The molecule has 0 aromatic heterocycles. The van der Waals surface area contributed by atoms with E-state index in [0.29, 0.717) is 24.7 Å². The average molecular weight is 452 g/mol. The number of carbonyl (C=O) groups is 4. The minimum atomic E-state index is -0.774. The Hall–Kier alpha value is -3.72. The summed E-state index contributed by atoms with van der Waals surface area (Å²) in [5.74, 6) is -1.67. The van der Waals surface area contributed by atoms with Crippen LogP contribution in [0, 0.1) is 0 Å². The van der Waals surface area contributed by atoms with Gasteiger partial charge < -0.3 is 19.5 Å². The van der Waals surface area contributed by atoms with E-state index in [-0.39, 0.29) is 29.3 Å². The molecule has 33 heavy (non-hydrogen) atoms. The quantitative estimate of drug-likeness (QED) is 0.484. The molecule has 1 atom stereocenters. The number of fused-ring (bicyclic) bond motifs is 1. The van der Waals surface area contributed by atoms with Gasteiger partial charge in [-0.25, -0.2) is 4.79 Å². The van der Waals surface area contributed by atoms with Gasteiger partial charge in [-0.2, -0.15) is 0 Å². The van der Waals surface area contributed by atoms with Crippen LogP contribution in [0.4, 0.5) is 5.69 Å². The van der Waals surface area contributed by atoms with E-state index in [1.54, 1.807) is 24.3 Å². The van der Waals surface area contributed by atoms with Gasteiger partial charge in [-0.15, -0.1) is 0 Å². The molecule has 2 aliphatic heterocycles. The van der Waals surface area contributed by atoms with E-state index in [1.165, 1.54) is 18.2 Å². The molecule has 0 aliphatic carbocycles. The smallest absolute Gasteiger partial charge is 0.338 e. The first-order chi connectivity index (χ1) is 16.0. The predicted molar refractivity (Wildman–Crippen MR) is 117 cm³/mol. The van der Waals surface area contributed by atoms with Gasteiger partial charge in [0.05, 0.1) is 41.6 Å². The molecule has 0 radical (unpaired) electrons. The Morgan fingerprint density at radius 3 is 2.67 bits per heavy atom. The number of para-hydroxylation sites is 2. The fourth-order valence-corrected chi connectivity index (χ4v) is 3.83. The van der Waals surface area contributed by atoms with Crippen molar-refractivity contribution in [2.24, 2.45) is 0 Å². The van der Waals surface area contributed by atoms with Crippen molar-refractivity contribution < 1.29 is 33.4 Å². The van der Waals surface area contributed by atoms with Crippen LogP contribution in [-0.2, 0) is 14.3 Å². The maximum absolute atomic E-state index is 12.7. The molecule has 1 N–H and O–H groups in total. The van der Waals surface area contributed by atoms with Crippen molar-refractivity contribution in [1.29, 1.82) is 0 Å². The Morgan fingerprint density at radius 1 is 1.12 bits per heavy atom. The Bertz CT molecular complexity index is 1090. The van der Waals surface area contributed by atoms with Crippen LogP contribution < -0.4 is 10.1 Å². The summed E-state index contributed by atoms with van der Waals surface area (Å²) in [4.78, 5) is 51.2. The molecule has 9 heteroatoms. The van der Waals surface area contributed by atoms with Gasteiger partial charge in [-0.05, 0) is 50.1 Å². The number of esters is 1. The van der Waals surface area contributed by atoms with Gasteiger partial charge in [0.2, 0.25) is 0 Å². The molecule has 9 nitrogen and oxygen atoms in total. The lowest BCUT2D eigenvalue weighted by Gasteiger charge is -2.17. The Kier molecular flexibility index (Phi) is 6.69. The SMILES string of the molecule is CCOc1ccccc1NC(=O)COC(=O)c1ccc2c(c1)C(=O)N(C[C@H]1CCCO1)C2=O. The number of imide groups is 1. The van der Waals surface area contributed by atoms with Gasteiger partial charge in [0.25, 0.3) is 17.7 Å². The Morgan fingerprint density at radius 2 is 1.91 bits per heavy atom. The normalized spacial score (nSPS) is 17.1. The number of benzene rings is 2. The molecule has 1 saturated heterocycles. The largest absolute Gasteiger partial charge is 0.492 e. The van der Waals surface area contributed by atoms with Gasteiger partial charge in [0, 0.05) is 6.61 Å². The van der Waals surface area contributed by atoms with Crippen LogP contribution in [-0.4, -0.2) is 61.1 Å². The third kappa shape index (κ3) is 4.88. The van der Waals surface area contributed by atoms with E-state index in [0.717, 1.165) is 17.7 Å². The summed E-state index contributed by atoms with van der Waals surface area (Å²) in [7, 11) is 0. The molecule has 3 amide bonds. The van der Waals surface area contributed by atoms with Crippen LogP contribution in [0.5, 0.6) is 5.75 Å². The molecule has 0 unspecified atom stereocenters. The second-order valence-corrected chi connectivity index (χ2v) is 7.67. The van der Waals surface area contributed by atoms with E-state index >= 15 is 0 Å². The minimum Gasteiger partial charge on any atom is -0.492 e. The predicted octanol–water partition coefficient (Wildman–Crippen LogP) is 2.66. The lowest BCUT2D eigenvalue weighted by Crippen LogP contribution is -2.36. The number of rotatable bonds is 8. The van der Waals surface area contributed by atoms with E-state index in [2.05, 4.69) is 5.32 Å². The zero-order chi connectivity index (χ0) is 23.4. The number of amides is 3. The molecule has 2 aromatic carbocycles. The van der Waals surface area contributed by atoms with Crippen molar-refractivity contribution in [2.45, 2.75) is 25.9 Å². The van der Waals surface area contributed by atoms with Gasteiger partial charge in [-0.1, -0.05) is 12.1 Å². The van der Waals surface area contributed by atoms with Crippen molar-refractivity contribution in [3.8, 4) is 5.75 Å². The van der Waals surface area contributed by atoms with Crippen LogP contribution >= 0.6 is 0 Å². The lowest BCUT2D eigenvalue weighted by molar-refractivity contribution is -0.119. The van der Waals surface area contributed by atoms with Crippen molar-refractivity contribution >= 4 is 29.4 Å². The monoisotopic (exact) mass is 452 g/mol. The van der Waals surface area contributed by atoms with E-state index in [4.69, 9.17) is 14.2 Å². The van der Waals surface area contributed by atoms with Gasteiger partial charge in [0.1, 0.15) is 5.75 Å². The highest BCUT2D eigenvalue weighted by Crippen LogP contribution is 2.27. The summed E-state index contributed by atoms with van der Waals surface area (Å²) in [5.41, 5.74) is 0.923. The molecule has 1 fully saturated rings. The lowest BCUT2D eigenvalue weighted by atomic mass is 10.1. The zero-order valence-electron chi connectivity index (χ0n) is 18.2. The summed E-state index contributed by atoms with van der Waals surface area (Å²) >= 11 is 0. The number of carbonyl (C=O) groups excluding carboxylic acids is 4. The number of nitrogens with one attached hydrogen (secondary N) is 1. The fourth-order valence-electron chi connectivity index (χ4n) is 3.83. The van der Waals surface area contributed by atoms with Crippen LogP contribution in [0.1, 0.15) is 50.8 Å². The second kappa shape index (κ2) is 9.83. The Labute approximate surface area is 190 Å². The highest BCUT2D eigenvalue weighted by molar-refractivity contribution is 6.22. The van der Waals surface area contributed by atoms with Crippen LogP contribution in [0.25, 0.3) is 0 Å². The third-order valence-electron chi connectivity index (χ3n) is 5.41. The molecule has 4 rings (SSSR count). The molecular formula is C24H24N2O7. The molecule has 172 valence electrons. The van der Waals surface area contributed by atoms with E-state index < -0.39 is 30.3 Å². The summed E-state index contributed by atoms with van der Waals surface area (Å²) < 4.78 is 16.1. The standard InChI is InChI=1S/C24H24N2O7/c1-2-31-20-8-4-3-7-19(20)25-21(27)14-33-24(30)15-9-10-17-18(12-15)23(29)26(22(17)28)13-16-6-5-11-32-16/h3-4,7-10,12,16H,2,5-6,11,13-14H2,1H3,(H,25,27)/t16-/m1/s1. The first-order valence-corrected chi connectivity index (χ1v) is 10.8. The number of ether oxygens (including phenoxy) is 3. The minimum absolute atomic E-state index is 0.0800. The number of anilines is 1. The summed E-state index contributed by atoms with van der Waals surface area (Å²) in [5, 5.41) is 2.64. The second-order valence-electron chi connectivity index (χ2n) is 7.67. The highest BCUT2D eigenvalue weighted by atomic mass is 16.5.